The van der Waals surface area contributed by atoms with Crippen LogP contribution in [0.4, 0.5) is 10.9 Å². The third kappa shape index (κ3) is 4.27. The Labute approximate surface area is 170 Å². The first-order valence-corrected chi connectivity index (χ1v) is 11.0. The van der Waals surface area contributed by atoms with Crippen molar-refractivity contribution in [1.29, 1.82) is 0 Å². The molecule has 1 fully saturated rings. The van der Waals surface area contributed by atoms with Gasteiger partial charge in [-0.2, -0.15) is 0 Å². The third-order valence-corrected chi connectivity index (χ3v) is 6.87. The summed E-state index contributed by atoms with van der Waals surface area (Å²) in [5.41, 5.74) is 2.18. The Balaban J connectivity index is 1.36. The molecule has 1 saturated heterocycles. The monoisotopic (exact) mass is 396 g/mol. The number of carbonyl (C=O) groups excluding carboxylic acids is 1. The molecule has 0 unspecified atom stereocenters. The van der Waals surface area contributed by atoms with Crippen molar-refractivity contribution in [3.8, 4) is 0 Å². The van der Waals surface area contributed by atoms with Crippen molar-refractivity contribution < 1.29 is 4.79 Å². The van der Waals surface area contributed by atoms with E-state index in [1.807, 2.05) is 13.0 Å². The van der Waals surface area contributed by atoms with Crippen LogP contribution >= 0.6 is 11.3 Å². The number of hydrogen-bond donors (Lipinski definition) is 1. The number of piperidine rings is 1. The zero-order valence-electron chi connectivity index (χ0n) is 16.6. The van der Waals surface area contributed by atoms with Crippen LogP contribution in [0.5, 0.6) is 0 Å². The van der Waals surface area contributed by atoms with Gasteiger partial charge < -0.3 is 10.2 Å². The predicted octanol–water partition coefficient (Wildman–Crippen LogP) is 4.96. The molecule has 2 aliphatic rings. The summed E-state index contributed by atoms with van der Waals surface area (Å²) in [4.78, 5) is 25.4. The fraction of sp³-hybridized carbons (Fsp3) is 0.500. The van der Waals surface area contributed by atoms with E-state index >= 15 is 0 Å². The summed E-state index contributed by atoms with van der Waals surface area (Å²) in [6.45, 7) is 5.79. The lowest BCUT2D eigenvalue weighted by Crippen LogP contribution is -2.41. The van der Waals surface area contributed by atoms with Crippen molar-refractivity contribution >= 4 is 28.2 Å². The molecule has 0 aromatic carbocycles. The lowest BCUT2D eigenvalue weighted by Gasteiger charge is -2.34. The van der Waals surface area contributed by atoms with Crippen LogP contribution in [0.2, 0.25) is 0 Å². The van der Waals surface area contributed by atoms with Gasteiger partial charge >= 0.3 is 0 Å². The lowest BCUT2D eigenvalue weighted by molar-refractivity contribution is -0.136. The first-order chi connectivity index (χ1) is 13.6. The highest BCUT2D eigenvalue weighted by Crippen LogP contribution is 2.31. The van der Waals surface area contributed by atoms with Crippen molar-refractivity contribution in [3.05, 3.63) is 46.6 Å². The number of pyridine rings is 1. The molecule has 5 nitrogen and oxygen atoms in total. The van der Waals surface area contributed by atoms with Gasteiger partial charge in [-0.1, -0.05) is 18.2 Å². The lowest BCUT2D eigenvalue weighted by atomic mass is 9.89. The summed E-state index contributed by atoms with van der Waals surface area (Å²) in [5.74, 6) is 1.80. The van der Waals surface area contributed by atoms with Crippen molar-refractivity contribution in [3.63, 3.8) is 0 Å². The predicted molar refractivity (Wildman–Crippen MR) is 114 cm³/mol. The Kier molecular flexibility index (Phi) is 5.76. The molecular weight excluding hydrogens is 368 g/mol. The van der Waals surface area contributed by atoms with E-state index in [-0.39, 0.29) is 5.92 Å². The molecule has 0 radical (unpaired) electrons. The summed E-state index contributed by atoms with van der Waals surface area (Å²) in [5, 5.41) is 4.23. The van der Waals surface area contributed by atoms with Gasteiger partial charge in [0.05, 0.1) is 5.69 Å². The van der Waals surface area contributed by atoms with E-state index < -0.39 is 0 Å². The summed E-state index contributed by atoms with van der Waals surface area (Å²) in [7, 11) is 0. The number of likely N-dealkylation sites (tertiary alicyclic amines) is 1. The van der Waals surface area contributed by atoms with Gasteiger partial charge in [0.2, 0.25) is 5.91 Å². The molecule has 2 aromatic heterocycles. The number of amides is 1. The molecule has 148 valence electrons. The number of hydrogen-bond acceptors (Lipinski definition) is 5. The number of nitrogens with zero attached hydrogens (tertiary/aromatic N) is 3. The SMILES string of the molecule is Cc1nc(Nc2cccc(C3CCN(C(=O)[C@H]4CC=CCC4)CC3)n2)sc1C. The number of nitrogens with one attached hydrogen (secondary N) is 1. The van der Waals surface area contributed by atoms with Crippen LogP contribution in [0.1, 0.15) is 54.3 Å². The fourth-order valence-corrected chi connectivity index (χ4v) is 4.88. The Hall–Kier alpha value is -2.21. The Morgan fingerprint density at radius 1 is 1.14 bits per heavy atom. The molecule has 1 aliphatic carbocycles. The second-order valence-corrected chi connectivity index (χ2v) is 9.02. The van der Waals surface area contributed by atoms with E-state index in [4.69, 9.17) is 4.98 Å². The summed E-state index contributed by atoms with van der Waals surface area (Å²) in [6, 6.07) is 6.16. The molecule has 1 N–H and O–H groups in total. The normalized spacial score (nSPS) is 20.4. The van der Waals surface area contributed by atoms with Crippen LogP contribution in [0.3, 0.4) is 0 Å². The number of rotatable bonds is 4. The number of carbonyl (C=O) groups is 1. The largest absolute Gasteiger partial charge is 0.342 e. The fourth-order valence-electron chi connectivity index (χ4n) is 4.06. The molecule has 1 aliphatic heterocycles. The standard InChI is InChI=1S/C22H28N4OS/c1-15-16(2)28-22(23-15)25-20-10-6-9-19(24-20)17-11-13-26(14-12-17)21(27)18-7-4-3-5-8-18/h3-4,6,9-10,17-18H,5,7-8,11-14H2,1-2H3,(H,23,24,25)/t18-/m0/s1. The first-order valence-electron chi connectivity index (χ1n) is 10.2. The Morgan fingerprint density at radius 2 is 1.96 bits per heavy atom. The zero-order valence-corrected chi connectivity index (χ0v) is 17.5. The number of allylic oxidation sites excluding steroid dienone is 2. The van der Waals surface area contributed by atoms with Crippen LogP contribution in [0.25, 0.3) is 0 Å². The molecule has 0 spiro atoms. The highest BCUT2D eigenvalue weighted by molar-refractivity contribution is 7.15. The van der Waals surface area contributed by atoms with Gasteiger partial charge in [0, 0.05) is 35.5 Å². The van der Waals surface area contributed by atoms with Gasteiger partial charge in [-0.3, -0.25) is 4.79 Å². The Morgan fingerprint density at radius 3 is 2.64 bits per heavy atom. The highest BCUT2D eigenvalue weighted by atomic mass is 32.1. The van der Waals surface area contributed by atoms with Crippen LogP contribution < -0.4 is 5.32 Å². The summed E-state index contributed by atoms with van der Waals surface area (Å²) < 4.78 is 0. The van der Waals surface area contributed by atoms with E-state index in [2.05, 4.69) is 46.4 Å². The maximum Gasteiger partial charge on any atom is 0.226 e. The number of aryl methyl sites for hydroxylation is 2. The minimum absolute atomic E-state index is 0.192. The van der Waals surface area contributed by atoms with E-state index in [0.29, 0.717) is 11.8 Å². The van der Waals surface area contributed by atoms with Crippen molar-refractivity contribution in [2.75, 3.05) is 18.4 Å². The molecule has 2 aromatic rings. The van der Waals surface area contributed by atoms with Gasteiger partial charge in [0.15, 0.2) is 5.13 Å². The second kappa shape index (κ2) is 8.43. The highest BCUT2D eigenvalue weighted by Gasteiger charge is 2.29. The summed E-state index contributed by atoms with van der Waals surface area (Å²) >= 11 is 1.66. The maximum absolute atomic E-state index is 12.7. The van der Waals surface area contributed by atoms with E-state index in [1.54, 1.807) is 11.3 Å². The molecule has 28 heavy (non-hydrogen) atoms. The zero-order chi connectivity index (χ0) is 19.5. The van der Waals surface area contributed by atoms with Gasteiger partial charge in [-0.05, 0) is 58.1 Å². The number of aromatic nitrogens is 2. The maximum atomic E-state index is 12.7. The average Bonchev–Trinajstić information content (AvgIpc) is 3.05. The van der Waals surface area contributed by atoms with Crippen LogP contribution in [0.15, 0.2) is 30.4 Å². The van der Waals surface area contributed by atoms with Gasteiger partial charge in [-0.15, -0.1) is 11.3 Å². The quantitative estimate of drug-likeness (QED) is 0.742. The smallest absolute Gasteiger partial charge is 0.226 e. The number of thiazole rings is 1. The third-order valence-electron chi connectivity index (χ3n) is 5.88. The minimum Gasteiger partial charge on any atom is -0.342 e. The molecule has 1 amide bonds. The molecule has 6 heteroatoms. The van der Waals surface area contributed by atoms with Crippen molar-refractivity contribution in [2.45, 2.75) is 51.9 Å². The van der Waals surface area contributed by atoms with Gasteiger partial charge in [-0.25, -0.2) is 9.97 Å². The molecule has 4 rings (SSSR count). The first kappa shape index (κ1) is 19.1. The van der Waals surface area contributed by atoms with Crippen LogP contribution in [-0.4, -0.2) is 33.9 Å². The summed E-state index contributed by atoms with van der Waals surface area (Å²) in [6.07, 6.45) is 9.27. The average molecular weight is 397 g/mol. The molecular formula is C22H28N4OS. The molecule has 1 atom stereocenters. The van der Waals surface area contributed by atoms with Crippen LogP contribution in [-0.2, 0) is 4.79 Å². The van der Waals surface area contributed by atoms with Crippen LogP contribution in [0, 0.1) is 19.8 Å². The van der Waals surface area contributed by atoms with Crippen molar-refractivity contribution in [1.82, 2.24) is 14.9 Å². The van der Waals surface area contributed by atoms with Gasteiger partial charge in [0.1, 0.15) is 5.82 Å². The van der Waals surface area contributed by atoms with Crippen molar-refractivity contribution in [2.24, 2.45) is 5.92 Å². The van der Waals surface area contributed by atoms with Gasteiger partial charge in [0.25, 0.3) is 0 Å². The number of anilines is 2. The Bertz CT molecular complexity index is 848. The topological polar surface area (TPSA) is 58.1 Å². The molecule has 0 bridgehead atoms. The molecule has 0 saturated carbocycles. The van der Waals surface area contributed by atoms with E-state index in [0.717, 1.165) is 67.5 Å². The second-order valence-electron chi connectivity index (χ2n) is 7.81. The molecule has 3 heterocycles. The van der Waals surface area contributed by atoms with E-state index in [1.165, 1.54) is 4.88 Å². The minimum atomic E-state index is 0.192. The van der Waals surface area contributed by atoms with E-state index in [9.17, 15) is 4.79 Å².